The molecule has 11 heteroatoms. The number of anilines is 1. The van der Waals surface area contributed by atoms with E-state index in [1.54, 1.807) is 23.0 Å². The number of nitrogens with zero attached hydrogens (tertiary/aromatic N) is 6. The molecule has 0 radical (unpaired) electrons. The molecule has 1 atom stereocenters. The van der Waals surface area contributed by atoms with Crippen LogP contribution in [0, 0.1) is 0 Å². The van der Waals surface area contributed by atoms with Gasteiger partial charge in [0.25, 0.3) is 5.78 Å². The van der Waals surface area contributed by atoms with Crippen molar-refractivity contribution in [2.75, 3.05) is 18.1 Å². The van der Waals surface area contributed by atoms with Crippen LogP contribution in [-0.2, 0) is 0 Å². The lowest BCUT2D eigenvalue weighted by Gasteiger charge is -2.26. The Labute approximate surface area is 174 Å². The molecule has 3 aromatic heterocycles. The highest BCUT2D eigenvalue weighted by atomic mass is 19.4. The van der Waals surface area contributed by atoms with E-state index >= 15 is 0 Å². The van der Waals surface area contributed by atoms with Crippen LogP contribution < -0.4 is 14.4 Å². The van der Waals surface area contributed by atoms with Gasteiger partial charge in [-0.3, -0.25) is 4.98 Å². The average Bonchev–Trinajstić information content (AvgIpc) is 3.40. The number of halogens is 3. The van der Waals surface area contributed by atoms with Crippen LogP contribution in [0.5, 0.6) is 11.5 Å². The third-order valence-corrected chi connectivity index (χ3v) is 5.17. The number of fused-ring (bicyclic) bond motifs is 2. The Morgan fingerprint density at radius 3 is 2.81 bits per heavy atom. The number of benzene rings is 1. The van der Waals surface area contributed by atoms with Crippen molar-refractivity contribution < 1.29 is 22.6 Å². The van der Waals surface area contributed by atoms with Crippen LogP contribution in [0.2, 0.25) is 0 Å². The van der Waals surface area contributed by atoms with Crippen LogP contribution in [0.15, 0.2) is 49.1 Å². The van der Waals surface area contributed by atoms with Crippen LogP contribution >= 0.6 is 0 Å². The summed E-state index contributed by atoms with van der Waals surface area (Å²) in [5, 5.41) is 4.70. The van der Waals surface area contributed by atoms with Gasteiger partial charge >= 0.3 is 6.36 Å². The zero-order valence-corrected chi connectivity index (χ0v) is 16.2. The summed E-state index contributed by atoms with van der Waals surface area (Å²) in [6, 6.07) is 7.58. The van der Waals surface area contributed by atoms with Crippen molar-refractivity contribution in [1.82, 2.24) is 24.6 Å². The van der Waals surface area contributed by atoms with Gasteiger partial charge in [0.1, 0.15) is 30.3 Å². The van der Waals surface area contributed by atoms with Crippen molar-refractivity contribution in [1.29, 1.82) is 0 Å². The maximum Gasteiger partial charge on any atom is 0.573 e. The van der Waals surface area contributed by atoms with Crippen molar-refractivity contribution in [2.45, 2.75) is 25.2 Å². The summed E-state index contributed by atoms with van der Waals surface area (Å²) in [7, 11) is 0. The monoisotopic (exact) mass is 430 g/mol. The van der Waals surface area contributed by atoms with E-state index < -0.39 is 6.36 Å². The molecule has 0 spiro atoms. The Morgan fingerprint density at radius 1 is 1.06 bits per heavy atom. The van der Waals surface area contributed by atoms with Gasteiger partial charge in [0.2, 0.25) is 0 Å². The molecule has 1 aromatic carbocycles. The summed E-state index contributed by atoms with van der Waals surface area (Å²) in [4.78, 5) is 14.7. The maximum atomic E-state index is 12.6. The number of alkyl halides is 3. The Balaban J connectivity index is 1.39. The summed E-state index contributed by atoms with van der Waals surface area (Å²) >= 11 is 0. The molecule has 160 valence electrons. The molecule has 31 heavy (non-hydrogen) atoms. The number of aromatic nitrogens is 5. The summed E-state index contributed by atoms with van der Waals surface area (Å²) in [6.07, 6.45) is 1.83. The third-order valence-electron chi connectivity index (χ3n) is 5.17. The normalized spacial score (nSPS) is 16.9. The van der Waals surface area contributed by atoms with Crippen LogP contribution in [0.1, 0.15) is 12.8 Å². The van der Waals surface area contributed by atoms with Gasteiger partial charge in [-0.1, -0.05) is 0 Å². The third kappa shape index (κ3) is 3.90. The molecule has 1 saturated heterocycles. The van der Waals surface area contributed by atoms with Crippen molar-refractivity contribution in [3.63, 3.8) is 0 Å². The smallest absolute Gasteiger partial charge is 0.491 e. The SMILES string of the molecule is FC(F)(F)Oc1ccc2nccc(OCC3CCCN3c3ccnc4ncnn34)c2c1. The van der Waals surface area contributed by atoms with Crippen LogP contribution in [0.4, 0.5) is 19.0 Å². The van der Waals surface area contributed by atoms with Gasteiger partial charge in [-0.25, -0.2) is 4.98 Å². The second-order valence-electron chi connectivity index (χ2n) is 7.11. The summed E-state index contributed by atoms with van der Waals surface area (Å²) in [5.74, 6) is 1.52. The Kier molecular flexibility index (Phi) is 4.72. The van der Waals surface area contributed by atoms with Gasteiger partial charge < -0.3 is 14.4 Å². The van der Waals surface area contributed by atoms with E-state index in [0.29, 0.717) is 29.0 Å². The molecule has 4 aromatic rings. The molecule has 8 nitrogen and oxygen atoms in total. The fourth-order valence-corrected chi connectivity index (χ4v) is 3.86. The largest absolute Gasteiger partial charge is 0.573 e. The maximum absolute atomic E-state index is 12.6. The standard InChI is InChI=1S/C20H17F3N6O2/c21-20(22,23)31-14-3-4-16-15(10-14)17(5-7-24-16)30-11-13-2-1-9-28(13)18-6-8-25-19-26-12-27-29(18)19/h3-8,10,12-13H,1-2,9,11H2. The first-order valence-electron chi connectivity index (χ1n) is 9.67. The lowest BCUT2D eigenvalue weighted by atomic mass is 10.2. The lowest BCUT2D eigenvalue weighted by Crippen LogP contribution is -2.35. The second kappa shape index (κ2) is 7.56. The Hall–Kier alpha value is -3.63. The fourth-order valence-electron chi connectivity index (χ4n) is 3.86. The highest BCUT2D eigenvalue weighted by Crippen LogP contribution is 2.32. The highest BCUT2D eigenvalue weighted by molar-refractivity contribution is 5.86. The molecule has 0 N–H and O–H groups in total. The van der Waals surface area contributed by atoms with E-state index in [-0.39, 0.29) is 11.8 Å². The van der Waals surface area contributed by atoms with E-state index in [1.165, 1.54) is 24.5 Å². The van der Waals surface area contributed by atoms with Crippen molar-refractivity contribution in [3.05, 3.63) is 49.1 Å². The van der Waals surface area contributed by atoms with E-state index in [4.69, 9.17) is 4.74 Å². The molecule has 0 saturated carbocycles. The molecule has 0 amide bonds. The molecular weight excluding hydrogens is 413 g/mol. The predicted molar refractivity (Wildman–Crippen MR) is 105 cm³/mol. The van der Waals surface area contributed by atoms with Crippen LogP contribution in [0.25, 0.3) is 16.7 Å². The first-order chi connectivity index (χ1) is 15.0. The molecular formula is C20H17F3N6O2. The van der Waals surface area contributed by atoms with Gasteiger partial charge in [-0.05, 0) is 43.2 Å². The van der Waals surface area contributed by atoms with Gasteiger partial charge in [-0.15, -0.1) is 13.2 Å². The minimum absolute atomic E-state index is 0.0626. The zero-order valence-electron chi connectivity index (χ0n) is 16.2. The quantitative estimate of drug-likeness (QED) is 0.479. The van der Waals surface area contributed by atoms with Gasteiger partial charge in [0, 0.05) is 24.3 Å². The Morgan fingerprint density at radius 2 is 1.94 bits per heavy atom. The number of ether oxygens (including phenoxy) is 2. The molecule has 1 unspecified atom stereocenters. The molecule has 4 heterocycles. The molecule has 1 aliphatic rings. The van der Waals surface area contributed by atoms with E-state index in [9.17, 15) is 13.2 Å². The molecule has 0 bridgehead atoms. The van der Waals surface area contributed by atoms with Gasteiger partial charge in [0.15, 0.2) is 0 Å². The topological polar surface area (TPSA) is 77.7 Å². The number of hydrogen-bond donors (Lipinski definition) is 0. The zero-order chi connectivity index (χ0) is 21.4. The summed E-state index contributed by atoms with van der Waals surface area (Å²) < 4.78 is 49.6. The van der Waals surface area contributed by atoms with Crippen molar-refractivity contribution >= 4 is 22.5 Å². The molecule has 0 aliphatic carbocycles. The molecule has 5 rings (SSSR count). The second-order valence-corrected chi connectivity index (χ2v) is 7.11. The number of pyridine rings is 1. The molecule has 1 fully saturated rings. The summed E-state index contributed by atoms with van der Waals surface area (Å²) in [6.45, 7) is 1.18. The number of hydrogen-bond acceptors (Lipinski definition) is 7. The highest BCUT2D eigenvalue weighted by Gasteiger charge is 2.31. The van der Waals surface area contributed by atoms with Gasteiger partial charge in [-0.2, -0.15) is 14.6 Å². The predicted octanol–water partition coefficient (Wildman–Crippen LogP) is 3.62. The minimum atomic E-state index is -4.77. The number of rotatable bonds is 5. The molecule has 1 aliphatic heterocycles. The minimum Gasteiger partial charge on any atom is -0.491 e. The average molecular weight is 430 g/mol. The first-order valence-corrected chi connectivity index (χ1v) is 9.67. The van der Waals surface area contributed by atoms with E-state index in [2.05, 4.69) is 29.7 Å². The van der Waals surface area contributed by atoms with Crippen LogP contribution in [-0.4, -0.2) is 50.1 Å². The first kappa shape index (κ1) is 19.3. The van der Waals surface area contributed by atoms with Crippen molar-refractivity contribution in [3.8, 4) is 11.5 Å². The fraction of sp³-hybridized carbons (Fsp3) is 0.300. The van der Waals surface area contributed by atoms with Gasteiger partial charge in [0.05, 0.1) is 11.6 Å². The van der Waals surface area contributed by atoms with E-state index in [1.807, 2.05) is 6.07 Å². The lowest BCUT2D eigenvalue weighted by molar-refractivity contribution is -0.274. The Bertz CT molecular complexity index is 1230. The summed E-state index contributed by atoms with van der Waals surface area (Å²) in [5.41, 5.74) is 0.522. The van der Waals surface area contributed by atoms with E-state index in [0.717, 1.165) is 25.2 Å². The van der Waals surface area contributed by atoms with Crippen molar-refractivity contribution in [2.24, 2.45) is 0 Å². The van der Waals surface area contributed by atoms with Crippen LogP contribution in [0.3, 0.4) is 0 Å².